The minimum atomic E-state index is -0.724. The van der Waals surface area contributed by atoms with Crippen LogP contribution in [-0.2, 0) is 25.5 Å². The van der Waals surface area contributed by atoms with Crippen LogP contribution in [0.1, 0.15) is 70.0 Å². The Morgan fingerprint density at radius 3 is 2.21 bits per heavy atom. The molecule has 0 saturated carbocycles. The number of rotatable bonds is 13. The molecule has 1 aliphatic rings. The van der Waals surface area contributed by atoms with E-state index in [1.165, 1.54) is 0 Å². The second-order valence-corrected chi connectivity index (χ2v) is 14.4. The van der Waals surface area contributed by atoms with E-state index in [2.05, 4.69) is 27.8 Å². The minimum Gasteiger partial charge on any atom is -0.488 e. The number of amides is 2. The lowest BCUT2D eigenvalue weighted by Crippen LogP contribution is -2.44. The number of esters is 1. The zero-order valence-corrected chi connectivity index (χ0v) is 31.1. The highest BCUT2D eigenvalue weighted by Gasteiger charge is 2.22. The molecule has 0 aromatic heterocycles. The number of nitrogens with one attached hydrogen (secondary N) is 4. The lowest BCUT2D eigenvalue weighted by Gasteiger charge is -2.32. The van der Waals surface area contributed by atoms with Gasteiger partial charge in [0.25, 0.3) is 5.91 Å². The van der Waals surface area contributed by atoms with Crippen molar-refractivity contribution in [2.24, 2.45) is 0 Å². The van der Waals surface area contributed by atoms with Crippen molar-refractivity contribution < 1.29 is 38.1 Å². The highest BCUT2D eigenvalue weighted by molar-refractivity contribution is 6.08. The molecule has 0 radical (unpaired) electrons. The molecule has 3 aromatic carbocycles. The van der Waals surface area contributed by atoms with Crippen LogP contribution in [0.15, 0.2) is 66.7 Å². The molecule has 1 heterocycles. The van der Waals surface area contributed by atoms with E-state index in [1.807, 2.05) is 24.3 Å². The van der Waals surface area contributed by atoms with Gasteiger partial charge in [0.1, 0.15) is 23.6 Å². The van der Waals surface area contributed by atoms with Crippen molar-refractivity contribution in [2.75, 3.05) is 50.2 Å². The number of carbonyl (C=O) groups excluding carboxylic acids is 3. The summed E-state index contributed by atoms with van der Waals surface area (Å²) >= 11 is 0. The number of carbonyl (C=O) groups is 3. The van der Waals surface area contributed by atoms with Crippen LogP contribution < -0.4 is 25.4 Å². The first-order chi connectivity index (χ1) is 24.6. The van der Waals surface area contributed by atoms with Crippen LogP contribution in [0.3, 0.4) is 0 Å². The van der Waals surface area contributed by atoms with Gasteiger partial charge < -0.3 is 34.3 Å². The molecule has 1 fully saturated rings. The Bertz CT molecular complexity index is 1690. The van der Waals surface area contributed by atoms with E-state index in [0.29, 0.717) is 59.4 Å². The van der Waals surface area contributed by atoms with E-state index >= 15 is 0 Å². The van der Waals surface area contributed by atoms with Crippen LogP contribution in [0, 0.1) is 5.41 Å². The van der Waals surface area contributed by atoms with Crippen molar-refractivity contribution in [2.45, 2.75) is 72.3 Å². The summed E-state index contributed by atoms with van der Waals surface area (Å²) in [6, 6.07) is 19.3. The molecular formula is C39H51N5O8. The lowest BCUT2D eigenvalue weighted by atomic mass is 10.1. The molecule has 13 heteroatoms. The standard InChI is InChI=1S/C39H51N5O8/c1-26(44-19-21-48-22-20-44)24-49-32-14-10-11-28(34(32)50-25-33(45)51-38(2,3)4)23-41-31-13-9-8-12-30(31)36(46)42-29-17-15-27(16-18-29)35(40)43-37(47)52-39(5,6)7/h8-18,26,41H,19-25H2,1-7H3,(H,42,46)(H2,40,43,47). The Hall–Kier alpha value is -5.14. The van der Waals surface area contributed by atoms with Gasteiger partial charge in [-0.3, -0.25) is 20.4 Å². The Kier molecular flexibility index (Phi) is 13.6. The Balaban J connectivity index is 1.45. The van der Waals surface area contributed by atoms with E-state index in [0.717, 1.165) is 13.1 Å². The van der Waals surface area contributed by atoms with Crippen LogP contribution in [0.25, 0.3) is 0 Å². The number of hydrogen-bond donors (Lipinski definition) is 4. The zero-order chi connectivity index (χ0) is 37.9. The molecule has 52 heavy (non-hydrogen) atoms. The summed E-state index contributed by atoms with van der Waals surface area (Å²) in [5.41, 5.74) is 1.28. The number of hydrogen-bond acceptors (Lipinski definition) is 11. The van der Waals surface area contributed by atoms with Gasteiger partial charge in [-0.2, -0.15) is 0 Å². The number of nitrogens with zero attached hydrogens (tertiary/aromatic N) is 1. The predicted octanol–water partition coefficient (Wildman–Crippen LogP) is 6.22. The molecule has 1 unspecified atom stereocenters. The largest absolute Gasteiger partial charge is 0.488 e. The number of amidine groups is 1. The van der Waals surface area contributed by atoms with Gasteiger partial charge in [-0.15, -0.1) is 0 Å². The summed E-state index contributed by atoms with van der Waals surface area (Å²) in [6.45, 7) is 16.1. The van der Waals surface area contributed by atoms with Crippen LogP contribution in [0.4, 0.5) is 16.2 Å². The fraction of sp³-hybridized carbons (Fsp3) is 0.436. The number of ether oxygens (including phenoxy) is 5. The van der Waals surface area contributed by atoms with Crippen LogP contribution in [-0.4, -0.2) is 85.5 Å². The summed E-state index contributed by atoms with van der Waals surface area (Å²) in [5, 5.41) is 16.9. The molecule has 280 valence electrons. The van der Waals surface area contributed by atoms with Gasteiger partial charge in [0, 0.05) is 48.2 Å². The maximum Gasteiger partial charge on any atom is 0.413 e. The SMILES string of the molecule is CC(COc1cccc(CNc2ccccc2C(=O)Nc2ccc(C(=N)NC(=O)OC(C)(C)C)cc2)c1OCC(=O)OC(C)(C)C)N1CCOCC1. The van der Waals surface area contributed by atoms with Crippen molar-refractivity contribution in [3.63, 3.8) is 0 Å². The van der Waals surface area contributed by atoms with Gasteiger partial charge in [0.2, 0.25) is 0 Å². The first-order valence-electron chi connectivity index (χ1n) is 17.3. The highest BCUT2D eigenvalue weighted by atomic mass is 16.6. The fourth-order valence-corrected chi connectivity index (χ4v) is 5.24. The molecule has 3 aromatic rings. The monoisotopic (exact) mass is 717 g/mol. The molecule has 0 aliphatic carbocycles. The summed E-state index contributed by atoms with van der Waals surface area (Å²) < 4.78 is 28.5. The number of morpholine rings is 1. The number of para-hydroxylation sites is 2. The van der Waals surface area contributed by atoms with E-state index in [1.54, 1.807) is 84.0 Å². The fourth-order valence-electron chi connectivity index (χ4n) is 5.24. The molecule has 1 saturated heterocycles. The quantitative estimate of drug-likeness (QED) is 0.0908. The maximum atomic E-state index is 13.5. The van der Waals surface area contributed by atoms with E-state index in [9.17, 15) is 14.4 Å². The summed E-state index contributed by atoms with van der Waals surface area (Å²) in [4.78, 5) is 40.4. The first kappa shape index (κ1) is 39.6. The zero-order valence-electron chi connectivity index (χ0n) is 31.1. The number of benzene rings is 3. The van der Waals surface area contributed by atoms with Crippen molar-refractivity contribution in [1.29, 1.82) is 5.41 Å². The molecule has 4 N–H and O–H groups in total. The average Bonchev–Trinajstić information content (AvgIpc) is 3.08. The summed E-state index contributed by atoms with van der Waals surface area (Å²) in [5.74, 6) is -0.0877. The van der Waals surface area contributed by atoms with Crippen LogP contribution in [0.5, 0.6) is 11.5 Å². The summed E-state index contributed by atoms with van der Waals surface area (Å²) in [7, 11) is 0. The van der Waals surface area contributed by atoms with E-state index in [4.69, 9.17) is 29.1 Å². The second kappa shape index (κ2) is 17.9. The summed E-state index contributed by atoms with van der Waals surface area (Å²) in [6.07, 6.45) is -0.724. The Morgan fingerprint density at radius 2 is 1.54 bits per heavy atom. The normalized spacial score (nSPS) is 14.1. The van der Waals surface area contributed by atoms with Crippen molar-refractivity contribution in [3.8, 4) is 11.5 Å². The highest BCUT2D eigenvalue weighted by Crippen LogP contribution is 2.33. The second-order valence-electron chi connectivity index (χ2n) is 14.4. The van der Waals surface area contributed by atoms with Gasteiger partial charge in [0.05, 0.1) is 18.8 Å². The first-order valence-corrected chi connectivity index (χ1v) is 17.3. The third-order valence-corrected chi connectivity index (χ3v) is 7.66. The molecule has 0 spiro atoms. The van der Waals surface area contributed by atoms with Gasteiger partial charge >= 0.3 is 12.1 Å². The lowest BCUT2D eigenvalue weighted by molar-refractivity contribution is -0.157. The maximum absolute atomic E-state index is 13.5. The van der Waals surface area contributed by atoms with Crippen molar-refractivity contribution in [3.05, 3.63) is 83.4 Å². The Morgan fingerprint density at radius 1 is 0.865 bits per heavy atom. The van der Waals surface area contributed by atoms with Crippen molar-refractivity contribution in [1.82, 2.24) is 10.2 Å². The third kappa shape index (κ3) is 12.6. The predicted molar refractivity (Wildman–Crippen MR) is 199 cm³/mol. The topological polar surface area (TPSA) is 161 Å². The number of alkyl carbamates (subject to hydrolysis) is 1. The molecule has 4 rings (SSSR count). The third-order valence-electron chi connectivity index (χ3n) is 7.66. The van der Waals surface area contributed by atoms with Gasteiger partial charge in [-0.25, -0.2) is 9.59 Å². The minimum absolute atomic E-state index is 0.128. The van der Waals surface area contributed by atoms with E-state index in [-0.39, 0.29) is 30.9 Å². The Labute approximate surface area is 305 Å². The molecule has 2 amide bonds. The molecule has 1 aliphatic heterocycles. The van der Waals surface area contributed by atoms with Crippen molar-refractivity contribution >= 4 is 35.2 Å². The molecule has 0 bridgehead atoms. The van der Waals surface area contributed by atoms with Crippen LogP contribution in [0.2, 0.25) is 0 Å². The molecular weight excluding hydrogens is 666 g/mol. The van der Waals surface area contributed by atoms with Gasteiger partial charge in [-0.1, -0.05) is 24.3 Å². The molecule has 1 atom stereocenters. The smallest absolute Gasteiger partial charge is 0.413 e. The average molecular weight is 718 g/mol. The van der Waals surface area contributed by atoms with Gasteiger partial charge in [0.15, 0.2) is 18.1 Å². The van der Waals surface area contributed by atoms with Crippen LogP contribution >= 0.6 is 0 Å². The number of anilines is 2. The van der Waals surface area contributed by atoms with Gasteiger partial charge in [-0.05, 0) is 90.9 Å². The van der Waals surface area contributed by atoms with E-state index < -0.39 is 23.3 Å². The molecule has 13 nitrogen and oxygen atoms in total.